The second-order valence-corrected chi connectivity index (χ2v) is 5.07. The van der Waals surface area contributed by atoms with Gasteiger partial charge >= 0.3 is 0 Å². The van der Waals surface area contributed by atoms with E-state index < -0.39 is 6.86 Å². The number of nitrogens with one attached hydrogen (secondary N) is 1. The number of hydrogen-bond donors (Lipinski definition) is 1. The fourth-order valence-electron chi connectivity index (χ4n) is 2.12. The molecule has 0 heterocycles. The zero-order valence-electron chi connectivity index (χ0n) is 16.3. The van der Waals surface area contributed by atoms with E-state index in [1.165, 1.54) is 0 Å². The molecule has 0 saturated carbocycles. The van der Waals surface area contributed by atoms with Gasteiger partial charge in [-0.1, -0.05) is 39.5 Å². The smallest absolute Gasteiger partial charge is 0.192 e. The first-order valence-electron chi connectivity index (χ1n) is 9.00. The summed E-state index contributed by atoms with van der Waals surface area (Å²) in [5.74, 6) is 1.32. The van der Waals surface area contributed by atoms with E-state index in [9.17, 15) is 4.39 Å². The average molecular weight is 376 g/mol. The molecule has 0 spiro atoms. The van der Waals surface area contributed by atoms with Gasteiger partial charge in [0.2, 0.25) is 0 Å². The van der Waals surface area contributed by atoms with Crippen LogP contribution in [0.25, 0.3) is 0 Å². The third-order valence-corrected chi connectivity index (χ3v) is 3.34. The Bertz CT molecular complexity index is 633. The van der Waals surface area contributed by atoms with Crippen molar-refractivity contribution in [1.29, 1.82) is 0 Å². The summed E-state index contributed by atoms with van der Waals surface area (Å²) >= 11 is 0. The van der Waals surface area contributed by atoms with Crippen LogP contribution in [0, 0.1) is 0 Å². The van der Waals surface area contributed by atoms with Gasteiger partial charge < -0.3 is 14.2 Å². The van der Waals surface area contributed by atoms with Crippen LogP contribution in [-0.2, 0) is 11.3 Å². The average Bonchev–Trinajstić information content (AvgIpc) is 2.73. The van der Waals surface area contributed by atoms with Crippen LogP contribution in [0.15, 0.2) is 61.3 Å². The van der Waals surface area contributed by atoms with Crippen molar-refractivity contribution >= 4 is 5.69 Å². The van der Waals surface area contributed by atoms with Gasteiger partial charge in [0.15, 0.2) is 13.7 Å². The molecule has 148 valence electrons. The van der Waals surface area contributed by atoms with Crippen LogP contribution >= 0.6 is 0 Å². The molecular weight excluding hydrogens is 347 g/mol. The van der Waals surface area contributed by atoms with Crippen LogP contribution in [0.2, 0.25) is 0 Å². The molecule has 0 amide bonds. The molecule has 0 atom stereocenters. The molecule has 0 fully saturated rings. The Kier molecular flexibility index (Phi) is 11.3. The number of hydrogen-bond acceptors (Lipinski definition) is 5. The standard InChI is InChI=1S/C19H23FN2O3.C2H6/c1-3-21-22(4-2)17-7-5-16(6-8-17)13-24-18-9-11-19(12-10-18)25-15-23-14-20;1-2/h4-12,21H,2-3,13-15H2,1H3;1-2H3. The topological polar surface area (TPSA) is 43.0 Å². The van der Waals surface area contributed by atoms with Crippen molar-refractivity contribution in [3.8, 4) is 11.5 Å². The van der Waals surface area contributed by atoms with E-state index in [0.717, 1.165) is 23.5 Å². The van der Waals surface area contributed by atoms with Gasteiger partial charge in [-0.05, 0) is 42.0 Å². The van der Waals surface area contributed by atoms with Crippen LogP contribution < -0.4 is 19.9 Å². The minimum absolute atomic E-state index is 0.113. The predicted octanol–water partition coefficient (Wildman–Crippen LogP) is 5.05. The van der Waals surface area contributed by atoms with Crippen LogP contribution in [-0.4, -0.2) is 20.2 Å². The highest BCUT2D eigenvalue weighted by Gasteiger charge is 2.02. The van der Waals surface area contributed by atoms with Crippen LogP contribution in [0.4, 0.5) is 10.1 Å². The summed E-state index contributed by atoms with van der Waals surface area (Å²) in [5.41, 5.74) is 5.26. The highest BCUT2D eigenvalue weighted by atomic mass is 19.1. The van der Waals surface area contributed by atoms with Crippen LogP contribution in [0.3, 0.4) is 0 Å². The first-order chi connectivity index (χ1) is 13.3. The SMILES string of the molecule is C=CN(NCC)c1ccc(COc2ccc(OCOCF)cc2)cc1.CC. The first-order valence-corrected chi connectivity index (χ1v) is 9.00. The highest BCUT2D eigenvalue weighted by molar-refractivity contribution is 5.48. The van der Waals surface area contributed by atoms with E-state index >= 15 is 0 Å². The van der Waals surface area contributed by atoms with Crippen molar-refractivity contribution in [2.24, 2.45) is 0 Å². The fourth-order valence-corrected chi connectivity index (χ4v) is 2.12. The van der Waals surface area contributed by atoms with Gasteiger partial charge in [-0.15, -0.1) is 0 Å². The van der Waals surface area contributed by atoms with Crippen molar-refractivity contribution in [3.05, 3.63) is 66.9 Å². The Hall–Kier alpha value is -2.57. The molecule has 0 unspecified atom stereocenters. The molecule has 6 heteroatoms. The summed E-state index contributed by atoms with van der Waals surface area (Å²) < 4.78 is 27.2. The molecule has 5 nitrogen and oxygen atoms in total. The lowest BCUT2D eigenvalue weighted by Crippen LogP contribution is -2.32. The predicted molar refractivity (Wildman–Crippen MR) is 107 cm³/mol. The maximum absolute atomic E-state index is 11.8. The molecule has 0 aromatic heterocycles. The van der Waals surface area contributed by atoms with E-state index in [0.29, 0.717) is 12.4 Å². The molecule has 1 N–H and O–H groups in total. The zero-order valence-corrected chi connectivity index (χ0v) is 16.3. The summed E-state index contributed by atoms with van der Waals surface area (Å²) in [7, 11) is 0. The van der Waals surface area contributed by atoms with E-state index in [1.807, 2.05) is 50.0 Å². The first kappa shape index (κ1) is 22.5. The molecule has 2 aromatic rings. The van der Waals surface area contributed by atoms with Gasteiger partial charge in [-0.3, -0.25) is 5.01 Å². The molecular formula is C21H29FN2O3. The minimum atomic E-state index is -0.862. The monoisotopic (exact) mass is 376 g/mol. The van der Waals surface area contributed by atoms with E-state index in [-0.39, 0.29) is 6.79 Å². The molecule has 2 aromatic carbocycles. The third kappa shape index (κ3) is 8.11. The van der Waals surface area contributed by atoms with Crippen molar-refractivity contribution in [2.45, 2.75) is 27.4 Å². The number of ether oxygens (including phenoxy) is 3. The van der Waals surface area contributed by atoms with Gasteiger partial charge in [0.1, 0.15) is 18.1 Å². The quantitative estimate of drug-likeness (QED) is 0.338. The number of hydrazine groups is 1. The lowest BCUT2D eigenvalue weighted by molar-refractivity contribution is -0.0284. The van der Waals surface area contributed by atoms with Gasteiger partial charge in [0.25, 0.3) is 0 Å². The lowest BCUT2D eigenvalue weighted by Gasteiger charge is -2.20. The number of anilines is 1. The molecule has 0 aliphatic rings. The third-order valence-electron chi connectivity index (χ3n) is 3.34. The Labute approximate surface area is 161 Å². The Morgan fingerprint density at radius 2 is 1.59 bits per heavy atom. The van der Waals surface area contributed by atoms with Gasteiger partial charge in [0, 0.05) is 12.7 Å². The molecule has 0 aliphatic heterocycles. The largest absolute Gasteiger partial charge is 0.489 e. The molecule has 0 aliphatic carbocycles. The van der Waals surface area contributed by atoms with E-state index in [2.05, 4.69) is 16.7 Å². The van der Waals surface area contributed by atoms with Crippen molar-refractivity contribution < 1.29 is 18.6 Å². The number of nitrogens with zero attached hydrogens (tertiary/aromatic N) is 1. The number of halogens is 1. The highest BCUT2D eigenvalue weighted by Crippen LogP contribution is 2.20. The minimum Gasteiger partial charge on any atom is -0.489 e. The van der Waals surface area contributed by atoms with E-state index in [1.54, 1.807) is 30.5 Å². The number of rotatable bonds is 11. The van der Waals surface area contributed by atoms with Crippen molar-refractivity contribution in [2.75, 3.05) is 25.2 Å². The Balaban J connectivity index is 0.00000176. The summed E-state index contributed by atoms with van der Waals surface area (Å²) in [5, 5.41) is 1.87. The summed E-state index contributed by atoms with van der Waals surface area (Å²) in [4.78, 5) is 0. The Morgan fingerprint density at radius 3 is 2.11 bits per heavy atom. The fraction of sp³-hybridized carbons (Fsp3) is 0.333. The maximum Gasteiger partial charge on any atom is 0.192 e. The maximum atomic E-state index is 11.8. The molecule has 27 heavy (non-hydrogen) atoms. The van der Waals surface area contributed by atoms with Gasteiger partial charge in [-0.2, -0.15) is 0 Å². The second-order valence-electron chi connectivity index (χ2n) is 5.07. The second kappa shape index (κ2) is 13.6. The molecule has 0 radical (unpaired) electrons. The van der Waals surface area contributed by atoms with Crippen LogP contribution in [0.5, 0.6) is 11.5 Å². The zero-order chi connectivity index (χ0) is 19.9. The Morgan fingerprint density at radius 1 is 1.00 bits per heavy atom. The van der Waals surface area contributed by atoms with Gasteiger partial charge in [-0.25, -0.2) is 9.82 Å². The van der Waals surface area contributed by atoms with Crippen molar-refractivity contribution in [1.82, 2.24) is 5.43 Å². The summed E-state index contributed by atoms with van der Waals surface area (Å²) in [6.07, 6.45) is 1.73. The van der Waals surface area contributed by atoms with E-state index in [4.69, 9.17) is 9.47 Å². The summed E-state index contributed by atoms with van der Waals surface area (Å²) in [6, 6.07) is 15.1. The lowest BCUT2D eigenvalue weighted by atomic mass is 10.2. The van der Waals surface area contributed by atoms with Gasteiger partial charge in [0.05, 0.1) is 5.69 Å². The van der Waals surface area contributed by atoms with Crippen molar-refractivity contribution in [3.63, 3.8) is 0 Å². The molecule has 0 saturated heterocycles. The molecule has 2 rings (SSSR count). The number of benzene rings is 2. The number of alkyl halides is 1. The normalized spacial score (nSPS) is 9.78. The molecule has 0 bridgehead atoms. The summed E-state index contributed by atoms with van der Waals surface area (Å²) in [6.45, 7) is 10.1. The van der Waals surface area contributed by atoms with Crippen LogP contribution in [0.1, 0.15) is 26.3 Å².